The van der Waals surface area contributed by atoms with E-state index < -0.39 is 10.0 Å². The van der Waals surface area contributed by atoms with Crippen LogP contribution >= 0.6 is 0 Å². The molecule has 6 nitrogen and oxygen atoms in total. The van der Waals surface area contributed by atoms with Crippen LogP contribution in [0.5, 0.6) is 0 Å². The maximum Gasteiger partial charge on any atom is 0.289 e. The molecule has 0 spiro atoms. The third-order valence-electron chi connectivity index (χ3n) is 6.12. The number of furan rings is 1. The second kappa shape index (κ2) is 7.76. The van der Waals surface area contributed by atoms with Crippen molar-refractivity contribution >= 4 is 26.9 Å². The molecule has 3 heterocycles. The van der Waals surface area contributed by atoms with Gasteiger partial charge in [-0.2, -0.15) is 4.31 Å². The molecule has 2 aliphatic rings. The second-order valence-electron chi connectivity index (χ2n) is 9.08. The molecule has 0 aliphatic carbocycles. The third-order valence-corrected chi connectivity index (χ3v) is 7.94. The van der Waals surface area contributed by atoms with E-state index in [1.54, 1.807) is 28.6 Å². The molecule has 4 rings (SSSR count). The van der Waals surface area contributed by atoms with Crippen LogP contribution in [-0.4, -0.2) is 49.7 Å². The summed E-state index contributed by atoms with van der Waals surface area (Å²) in [5.74, 6) is 1.35. The number of hydrogen-bond donors (Lipinski definition) is 0. The van der Waals surface area contributed by atoms with E-state index in [2.05, 4.69) is 20.8 Å². The number of piperidine rings is 2. The predicted octanol–water partition coefficient (Wildman–Crippen LogP) is 3.97. The Kier molecular flexibility index (Phi) is 5.46. The highest BCUT2D eigenvalue weighted by molar-refractivity contribution is 7.89. The van der Waals surface area contributed by atoms with Crippen molar-refractivity contribution in [1.82, 2.24) is 9.21 Å². The lowest BCUT2D eigenvalue weighted by molar-refractivity contribution is 0.0653. The number of carbonyl (C=O) groups excluding carboxylic acids is 1. The lowest BCUT2D eigenvalue weighted by atomic mass is 9.94. The van der Waals surface area contributed by atoms with Crippen LogP contribution in [0.15, 0.2) is 33.6 Å². The van der Waals surface area contributed by atoms with E-state index in [0.717, 1.165) is 32.4 Å². The van der Waals surface area contributed by atoms with Gasteiger partial charge in [0.15, 0.2) is 5.76 Å². The van der Waals surface area contributed by atoms with E-state index in [9.17, 15) is 13.2 Å². The second-order valence-corrected chi connectivity index (χ2v) is 11.0. The van der Waals surface area contributed by atoms with Gasteiger partial charge in [0, 0.05) is 31.6 Å². The Balaban J connectivity index is 1.60. The maximum atomic E-state index is 13.2. The summed E-state index contributed by atoms with van der Waals surface area (Å²) in [6.07, 6.45) is 3.19. The molecule has 3 unspecified atom stereocenters. The van der Waals surface area contributed by atoms with Crippen LogP contribution in [0.1, 0.15) is 50.6 Å². The smallest absolute Gasteiger partial charge is 0.289 e. The number of benzene rings is 1. The van der Waals surface area contributed by atoms with E-state index in [0.29, 0.717) is 41.8 Å². The highest BCUT2D eigenvalue weighted by atomic mass is 32.2. The number of likely N-dealkylation sites (tertiary alicyclic amines) is 1. The molecule has 0 N–H and O–H groups in total. The van der Waals surface area contributed by atoms with Crippen molar-refractivity contribution in [3.05, 3.63) is 30.0 Å². The zero-order chi connectivity index (χ0) is 20.8. The predicted molar refractivity (Wildman–Crippen MR) is 112 cm³/mol. The number of hydrogen-bond acceptors (Lipinski definition) is 4. The summed E-state index contributed by atoms with van der Waals surface area (Å²) >= 11 is 0. The van der Waals surface area contributed by atoms with Crippen molar-refractivity contribution in [2.45, 2.75) is 44.9 Å². The van der Waals surface area contributed by atoms with Gasteiger partial charge in [-0.05, 0) is 61.3 Å². The Morgan fingerprint density at radius 3 is 2.45 bits per heavy atom. The van der Waals surface area contributed by atoms with Gasteiger partial charge in [0.1, 0.15) is 5.58 Å². The summed E-state index contributed by atoms with van der Waals surface area (Å²) in [6.45, 7) is 8.91. The van der Waals surface area contributed by atoms with Crippen molar-refractivity contribution in [3.8, 4) is 0 Å². The van der Waals surface area contributed by atoms with Gasteiger partial charge >= 0.3 is 0 Å². The molecule has 7 heteroatoms. The van der Waals surface area contributed by atoms with Gasteiger partial charge in [-0.15, -0.1) is 0 Å². The first-order valence-electron chi connectivity index (χ1n) is 10.6. The van der Waals surface area contributed by atoms with Gasteiger partial charge in [0.05, 0.1) is 4.90 Å². The van der Waals surface area contributed by atoms with Crippen LogP contribution in [-0.2, 0) is 10.0 Å². The minimum absolute atomic E-state index is 0.115. The fraction of sp³-hybridized carbons (Fsp3) is 0.591. The van der Waals surface area contributed by atoms with Gasteiger partial charge in [-0.25, -0.2) is 8.42 Å². The van der Waals surface area contributed by atoms with Crippen molar-refractivity contribution in [2.24, 2.45) is 17.8 Å². The van der Waals surface area contributed by atoms with Gasteiger partial charge in [0.2, 0.25) is 10.0 Å². The van der Waals surface area contributed by atoms with Crippen molar-refractivity contribution in [2.75, 3.05) is 26.2 Å². The van der Waals surface area contributed by atoms with Crippen LogP contribution < -0.4 is 0 Å². The highest BCUT2D eigenvalue weighted by Gasteiger charge is 2.32. The lowest BCUT2D eigenvalue weighted by Gasteiger charge is -2.34. The number of nitrogens with zero attached hydrogens (tertiary/aromatic N) is 2. The molecule has 0 radical (unpaired) electrons. The molecule has 3 atom stereocenters. The summed E-state index contributed by atoms with van der Waals surface area (Å²) < 4.78 is 33.7. The number of carbonyl (C=O) groups is 1. The van der Waals surface area contributed by atoms with E-state index in [-0.39, 0.29) is 16.6 Å². The van der Waals surface area contributed by atoms with Gasteiger partial charge in [0.25, 0.3) is 5.91 Å². The Bertz CT molecular complexity index is 1000. The fourth-order valence-corrected chi connectivity index (χ4v) is 6.48. The Morgan fingerprint density at radius 1 is 1.03 bits per heavy atom. The largest absolute Gasteiger partial charge is 0.451 e. The van der Waals surface area contributed by atoms with Crippen LogP contribution in [0.25, 0.3) is 11.0 Å². The third kappa shape index (κ3) is 4.08. The summed E-state index contributed by atoms with van der Waals surface area (Å²) in [6, 6.07) is 6.56. The summed E-state index contributed by atoms with van der Waals surface area (Å²) in [7, 11) is -3.56. The van der Waals surface area contributed by atoms with Gasteiger partial charge < -0.3 is 9.32 Å². The Hall–Kier alpha value is -1.86. The summed E-state index contributed by atoms with van der Waals surface area (Å²) in [5.41, 5.74) is 0.540. The van der Waals surface area contributed by atoms with Gasteiger partial charge in [-0.3, -0.25) is 4.79 Å². The molecule has 29 heavy (non-hydrogen) atoms. The van der Waals surface area contributed by atoms with Gasteiger partial charge in [-0.1, -0.05) is 20.8 Å². The SMILES string of the molecule is CC1CCCN(C(=O)c2cc3cc(S(=O)(=O)N4CC(C)CC(C)C4)ccc3o2)C1. The first kappa shape index (κ1) is 20.4. The first-order valence-corrected chi connectivity index (χ1v) is 12.0. The van der Waals surface area contributed by atoms with Crippen molar-refractivity contribution < 1.29 is 17.6 Å². The minimum Gasteiger partial charge on any atom is -0.451 e. The van der Waals surface area contributed by atoms with Crippen LogP contribution in [0.2, 0.25) is 0 Å². The molecule has 2 fully saturated rings. The fourth-order valence-electron chi connectivity index (χ4n) is 4.77. The maximum absolute atomic E-state index is 13.2. The van der Waals surface area contributed by atoms with Crippen LogP contribution in [0, 0.1) is 17.8 Å². The normalized spacial score (nSPS) is 26.7. The molecule has 1 amide bonds. The molecule has 1 aromatic heterocycles. The standard InChI is InChI=1S/C22H30N2O4S/c1-15-5-4-8-23(12-15)22(25)21-11-18-10-19(6-7-20(18)28-21)29(26,27)24-13-16(2)9-17(3)14-24/h6-7,10-11,15-17H,4-5,8-9,12-14H2,1-3H3. The summed E-state index contributed by atoms with van der Waals surface area (Å²) in [5, 5.41) is 0.651. The van der Waals surface area contributed by atoms with E-state index in [1.807, 2.05) is 4.90 Å². The Labute approximate surface area is 172 Å². The average Bonchev–Trinajstić information content (AvgIpc) is 3.10. The lowest BCUT2D eigenvalue weighted by Crippen LogP contribution is -2.42. The molecule has 2 aliphatic heterocycles. The highest BCUT2D eigenvalue weighted by Crippen LogP contribution is 2.30. The Morgan fingerprint density at radius 2 is 1.76 bits per heavy atom. The molecular formula is C22H30N2O4S. The van der Waals surface area contributed by atoms with E-state index >= 15 is 0 Å². The van der Waals surface area contributed by atoms with E-state index in [4.69, 9.17) is 4.42 Å². The number of fused-ring (bicyclic) bond motifs is 1. The molecule has 0 saturated carbocycles. The average molecular weight is 419 g/mol. The van der Waals surface area contributed by atoms with Crippen LogP contribution in [0.4, 0.5) is 0 Å². The zero-order valence-corrected chi connectivity index (χ0v) is 18.2. The molecular weight excluding hydrogens is 388 g/mol. The molecule has 158 valence electrons. The topological polar surface area (TPSA) is 70.8 Å². The molecule has 1 aromatic carbocycles. The van der Waals surface area contributed by atoms with Crippen molar-refractivity contribution in [3.63, 3.8) is 0 Å². The van der Waals surface area contributed by atoms with Crippen molar-refractivity contribution in [1.29, 1.82) is 0 Å². The quantitative estimate of drug-likeness (QED) is 0.756. The van der Waals surface area contributed by atoms with Crippen LogP contribution in [0.3, 0.4) is 0 Å². The first-order chi connectivity index (χ1) is 13.7. The monoisotopic (exact) mass is 418 g/mol. The molecule has 0 bridgehead atoms. The zero-order valence-electron chi connectivity index (χ0n) is 17.4. The minimum atomic E-state index is -3.56. The molecule has 2 aromatic rings. The summed E-state index contributed by atoms with van der Waals surface area (Å²) in [4.78, 5) is 14.9. The van der Waals surface area contributed by atoms with E-state index in [1.165, 1.54) is 0 Å². The number of rotatable bonds is 3. The number of sulfonamides is 1. The number of amides is 1. The molecule has 2 saturated heterocycles.